The average molecular weight is 218 g/mol. The molecule has 0 radical (unpaired) electrons. The van der Waals surface area contributed by atoms with Gasteiger partial charge in [0.2, 0.25) is 5.82 Å². The van der Waals surface area contributed by atoms with Crippen LogP contribution in [0.25, 0.3) is 0 Å². The highest BCUT2D eigenvalue weighted by Gasteiger charge is 2.28. The number of aromatic amines is 1. The third-order valence-corrected chi connectivity index (χ3v) is 2.47. The van der Waals surface area contributed by atoms with E-state index in [1.807, 2.05) is 6.92 Å². The molecule has 0 bridgehead atoms. The fraction of sp³-hybridized carbons (Fsp3) is 0.545. The average Bonchev–Trinajstić information content (AvgIpc) is 2.96. The normalized spacial score (nSPS) is 16.5. The van der Waals surface area contributed by atoms with Crippen LogP contribution in [0.2, 0.25) is 0 Å². The zero-order valence-electron chi connectivity index (χ0n) is 9.16. The van der Waals surface area contributed by atoms with Gasteiger partial charge in [0.25, 0.3) is 5.91 Å². The number of amides is 1. The number of nitrogens with zero attached hydrogens (tertiary/aromatic N) is 2. The molecule has 1 aromatic rings. The Morgan fingerprint density at radius 1 is 1.75 bits per heavy atom. The van der Waals surface area contributed by atoms with Crippen molar-refractivity contribution in [2.75, 3.05) is 0 Å². The first-order valence-corrected chi connectivity index (χ1v) is 5.37. The Hall–Kier alpha value is -1.83. The zero-order valence-corrected chi connectivity index (χ0v) is 9.16. The van der Waals surface area contributed by atoms with E-state index in [-0.39, 0.29) is 17.8 Å². The summed E-state index contributed by atoms with van der Waals surface area (Å²) in [5.74, 6) is 3.71. The summed E-state index contributed by atoms with van der Waals surface area (Å²) < 4.78 is 0. The van der Waals surface area contributed by atoms with Crippen LogP contribution in [0.4, 0.5) is 0 Å². The van der Waals surface area contributed by atoms with Gasteiger partial charge in [-0.25, -0.2) is 4.98 Å². The Labute approximate surface area is 94.0 Å². The number of carbonyl (C=O) groups excluding carboxylic acids is 1. The zero-order chi connectivity index (χ0) is 11.5. The predicted molar refractivity (Wildman–Crippen MR) is 58.7 cm³/mol. The van der Waals surface area contributed by atoms with Gasteiger partial charge in [0.15, 0.2) is 0 Å². The first-order chi connectivity index (χ1) is 7.70. The highest BCUT2D eigenvalue weighted by atomic mass is 16.2. The summed E-state index contributed by atoms with van der Waals surface area (Å²) in [7, 11) is 0. The van der Waals surface area contributed by atoms with Crippen molar-refractivity contribution < 1.29 is 4.79 Å². The van der Waals surface area contributed by atoms with E-state index in [1.165, 1.54) is 0 Å². The largest absolute Gasteiger partial charge is 0.346 e. The lowest BCUT2D eigenvalue weighted by Crippen LogP contribution is -2.32. The van der Waals surface area contributed by atoms with Crippen molar-refractivity contribution in [1.82, 2.24) is 20.5 Å². The van der Waals surface area contributed by atoms with Crippen LogP contribution in [-0.2, 0) is 0 Å². The van der Waals surface area contributed by atoms with Crippen molar-refractivity contribution in [3.8, 4) is 12.3 Å². The minimum Gasteiger partial charge on any atom is -0.346 e. The van der Waals surface area contributed by atoms with E-state index in [1.54, 1.807) is 0 Å². The lowest BCUT2D eigenvalue weighted by Gasteiger charge is -2.07. The Bertz CT molecular complexity index is 427. The second-order valence-corrected chi connectivity index (χ2v) is 4.10. The summed E-state index contributed by atoms with van der Waals surface area (Å²) in [6, 6.07) is -0.0552. The summed E-state index contributed by atoms with van der Waals surface area (Å²) in [6.45, 7) is 1.85. The Morgan fingerprint density at radius 3 is 3.12 bits per heavy atom. The quantitative estimate of drug-likeness (QED) is 0.735. The number of H-pyrrole nitrogens is 1. The van der Waals surface area contributed by atoms with Crippen molar-refractivity contribution in [2.24, 2.45) is 0 Å². The molecular formula is C11H14N4O. The molecule has 1 saturated carbocycles. The molecule has 1 heterocycles. The van der Waals surface area contributed by atoms with Crippen LogP contribution in [0.3, 0.4) is 0 Å². The number of rotatable bonds is 4. The second kappa shape index (κ2) is 4.35. The number of carbonyl (C=O) groups is 1. The van der Waals surface area contributed by atoms with E-state index in [0.29, 0.717) is 12.3 Å². The summed E-state index contributed by atoms with van der Waals surface area (Å²) in [6.07, 6.45) is 7.92. The van der Waals surface area contributed by atoms with E-state index >= 15 is 0 Å². The predicted octanol–water partition coefficient (Wildman–Crippen LogP) is 0.824. The van der Waals surface area contributed by atoms with Gasteiger partial charge in [-0.3, -0.25) is 9.89 Å². The third kappa shape index (κ3) is 2.40. The smallest absolute Gasteiger partial charge is 0.291 e. The van der Waals surface area contributed by atoms with E-state index in [9.17, 15) is 4.79 Å². The van der Waals surface area contributed by atoms with Gasteiger partial charge in [0.05, 0.1) is 0 Å². The molecule has 1 aliphatic carbocycles. The highest BCUT2D eigenvalue weighted by molar-refractivity contribution is 5.90. The van der Waals surface area contributed by atoms with Crippen LogP contribution in [0.1, 0.15) is 48.5 Å². The van der Waals surface area contributed by atoms with Gasteiger partial charge in [-0.2, -0.15) is 0 Å². The minimum atomic E-state index is -0.272. The van der Waals surface area contributed by atoms with Gasteiger partial charge in [0.1, 0.15) is 5.82 Å². The number of hydrogen-bond acceptors (Lipinski definition) is 3. The van der Waals surface area contributed by atoms with Crippen LogP contribution in [0.15, 0.2) is 0 Å². The maximum atomic E-state index is 11.7. The van der Waals surface area contributed by atoms with E-state index < -0.39 is 0 Å². The summed E-state index contributed by atoms with van der Waals surface area (Å²) in [5.41, 5.74) is 0. The second-order valence-electron chi connectivity index (χ2n) is 4.10. The maximum absolute atomic E-state index is 11.7. The molecule has 1 aromatic heterocycles. The molecule has 2 rings (SSSR count). The topological polar surface area (TPSA) is 70.7 Å². The molecule has 1 unspecified atom stereocenters. The van der Waals surface area contributed by atoms with Crippen LogP contribution < -0.4 is 5.32 Å². The number of hydrogen-bond donors (Lipinski definition) is 2. The molecule has 0 aromatic carbocycles. The first-order valence-electron chi connectivity index (χ1n) is 5.37. The Kier molecular flexibility index (Phi) is 2.91. The third-order valence-electron chi connectivity index (χ3n) is 2.47. The van der Waals surface area contributed by atoms with Gasteiger partial charge >= 0.3 is 0 Å². The van der Waals surface area contributed by atoms with Crippen molar-refractivity contribution in [3.63, 3.8) is 0 Å². The van der Waals surface area contributed by atoms with E-state index in [4.69, 9.17) is 6.42 Å². The number of aromatic nitrogens is 3. The van der Waals surface area contributed by atoms with Crippen LogP contribution in [-0.4, -0.2) is 27.1 Å². The molecule has 1 atom stereocenters. The van der Waals surface area contributed by atoms with Gasteiger partial charge < -0.3 is 5.32 Å². The SMILES string of the molecule is C#CCC(C)NC(=O)c1n[nH]c(C2CC2)n1. The molecule has 16 heavy (non-hydrogen) atoms. The standard InChI is InChI=1S/C11H14N4O/c1-3-4-7(2)12-11(16)10-13-9(14-15-10)8-5-6-8/h1,7-8H,4-6H2,2H3,(H,12,16)(H,13,14,15). The molecule has 5 nitrogen and oxygen atoms in total. The van der Waals surface area contributed by atoms with Crippen molar-refractivity contribution in [1.29, 1.82) is 0 Å². The van der Waals surface area contributed by atoms with Crippen molar-refractivity contribution in [2.45, 2.75) is 38.1 Å². The molecular weight excluding hydrogens is 204 g/mol. The Balaban J connectivity index is 1.95. The fourth-order valence-electron chi connectivity index (χ4n) is 1.43. The minimum absolute atomic E-state index is 0.0552. The van der Waals surface area contributed by atoms with Crippen molar-refractivity contribution in [3.05, 3.63) is 11.6 Å². The lowest BCUT2D eigenvalue weighted by molar-refractivity contribution is 0.0930. The molecule has 1 fully saturated rings. The molecule has 0 saturated heterocycles. The first kappa shape index (κ1) is 10.7. The van der Waals surface area contributed by atoms with Gasteiger partial charge in [-0.05, 0) is 19.8 Å². The summed E-state index contributed by atoms with van der Waals surface area (Å²) in [4.78, 5) is 15.8. The van der Waals surface area contributed by atoms with Crippen LogP contribution in [0, 0.1) is 12.3 Å². The van der Waals surface area contributed by atoms with Crippen LogP contribution in [0.5, 0.6) is 0 Å². The lowest BCUT2D eigenvalue weighted by atomic mass is 10.2. The molecule has 0 spiro atoms. The van der Waals surface area contributed by atoms with Gasteiger partial charge in [-0.15, -0.1) is 17.4 Å². The number of nitrogens with one attached hydrogen (secondary N) is 2. The molecule has 0 aliphatic heterocycles. The molecule has 5 heteroatoms. The number of terminal acetylenes is 1. The fourth-order valence-corrected chi connectivity index (χ4v) is 1.43. The summed E-state index contributed by atoms with van der Waals surface area (Å²) >= 11 is 0. The van der Waals surface area contributed by atoms with Crippen LogP contribution >= 0.6 is 0 Å². The highest BCUT2D eigenvalue weighted by Crippen LogP contribution is 2.37. The van der Waals surface area contributed by atoms with E-state index in [2.05, 4.69) is 26.4 Å². The Morgan fingerprint density at radius 2 is 2.50 bits per heavy atom. The van der Waals surface area contributed by atoms with Gasteiger partial charge in [-0.1, -0.05) is 0 Å². The van der Waals surface area contributed by atoms with Crippen molar-refractivity contribution >= 4 is 5.91 Å². The molecule has 84 valence electrons. The summed E-state index contributed by atoms with van der Waals surface area (Å²) in [5, 5.41) is 9.43. The molecule has 2 N–H and O–H groups in total. The molecule has 1 aliphatic rings. The van der Waals surface area contributed by atoms with Gasteiger partial charge in [0, 0.05) is 18.4 Å². The monoisotopic (exact) mass is 218 g/mol. The maximum Gasteiger partial charge on any atom is 0.291 e. The molecule has 1 amide bonds. The van der Waals surface area contributed by atoms with E-state index in [0.717, 1.165) is 18.7 Å².